The third-order valence-electron chi connectivity index (χ3n) is 2.21. The maximum Gasteiger partial charge on any atom is 0.122 e. The second-order valence-corrected chi connectivity index (χ2v) is 4.11. The van der Waals surface area contributed by atoms with E-state index in [0.29, 0.717) is 19.8 Å². The summed E-state index contributed by atoms with van der Waals surface area (Å²) in [5, 5.41) is 0.720. The van der Waals surface area contributed by atoms with Gasteiger partial charge >= 0.3 is 0 Å². The molecule has 1 aromatic rings. The van der Waals surface area contributed by atoms with Gasteiger partial charge in [0.05, 0.1) is 12.7 Å². The van der Waals surface area contributed by atoms with E-state index in [1.54, 1.807) is 0 Å². The summed E-state index contributed by atoms with van der Waals surface area (Å²) in [7, 11) is 0. The van der Waals surface area contributed by atoms with Crippen LogP contribution in [0.25, 0.3) is 0 Å². The minimum Gasteiger partial charge on any atom is -0.491 e. The average Bonchev–Trinajstić information content (AvgIpc) is 2.26. The van der Waals surface area contributed by atoms with E-state index in [-0.39, 0.29) is 6.10 Å². The van der Waals surface area contributed by atoms with Crippen LogP contribution in [0.3, 0.4) is 0 Å². The SMILES string of the molecule is Cc1cc(Cl)ccc1OCCOC(C)CN. The Morgan fingerprint density at radius 3 is 2.75 bits per heavy atom. The fraction of sp³-hybridized carbons (Fsp3) is 0.500. The molecular formula is C12H18ClNO2. The molecule has 0 saturated heterocycles. The molecule has 0 aliphatic heterocycles. The Labute approximate surface area is 101 Å². The Bertz CT molecular complexity index is 331. The predicted octanol–water partition coefficient (Wildman–Crippen LogP) is 2.39. The molecule has 1 aromatic carbocycles. The van der Waals surface area contributed by atoms with E-state index in [9.17, 15) is 0 Å². The van der Waals surface area contributed by atoms with Crippen LogP contribution in [0.2, 0.25) is 5.02 Å². The lowest BCUT2D eigenvalue weighted by Gasteiger charge is -2.12. The number of rotatable bonds is 6. The lowest BCUT2D eigenvalue weighted by Crippen LogP contribution is -2.22. The van der Waals surface area contributed by atoms with Gasteiger partial charge in [-0.25, -0.2) is 0 Å². The summed E-state index contributed by atoms with van der Waals surface area (Å²) in [6, 6.07) is 5.55. The van der Waals surface area contributed by atoms with E-state index in [4.69, 9.17) is 26.8 Å². The lowest BCUT2D eigenvalue weighted by molar-refractivity contribution is 0.0495. The van der Waals surface area contributed by atoms with Gasteiger partial charge in [-0.1, -0.05) is 11.6 Å². The zero-order valence-corrected chi connectivity index (χ0v) is 10.5. The highest BCUT2D eigenvalue weighted by Crippen LogP contribution is 2.21. The third-order valence-corrected chi connectivity index (χ3v) is 2.45. The van der Waals surface area contributed by atoms with Gasteiger partial charge in [0.1, 0.15) is 12.4 Å². The minimum absolute atomic E-state index is 0.0786. The zero-order chi connectivity index (χ0) is 12.0. The van der Waals surface area contributed by atoms with Crippen LogP contribution < -0.4 is 10.5 Å². The second kappa shape index (κ2) is 6.74. The molecule has 3 nitrogen and oxygen atoms in total. The molecule has 0 aliphatic rings. The largest absolute Gasteiger partial charge is 0.491 e. The number of ether oxygens (including phenoxy) is 2. The summed E-state index contributed by atoms with van der Waals surface area (Å²) in [5.41, 5.74) is 6.45. The van der Waals surface area contributed by atoms with Gasteiger partial charge in [0.2, 0.25) is 0 Å². The van der Waals surface area contributed by atoms with Crippen LogP contribution in [0.5, 0.6) is 5.75 Å². The van der Waals surface area contributed by atoms with Crippen LogP contribution in [-0.4, -0.2) is 25.9 Å². The van der Waals surface area contributed by atoms with Crippen LogP contribution in [0.15, 0.2) is 18.2 Å². The van der Waals surface area contributed by atoms with Crippen molar-refractivity contribution in [3.63, 3.8) is 0 Å². The van der Waals surface area contributed by atoms with Crippen LogP contribution in [0.1, 0.15) is 12.5 Å². The molecule has 0 fully saturated rings. The van der Waals surface area contributed by atoms with E-state index < -0.39 is 0 Å². The summed E-state index contributed by atoms with van der Waals surface area (Å²) in [4.78, 5) is 0. The Morgan fingerprint density at radius 1 is 1.38 bits per heavy atom. The quantitative estimate of drug-likeness (QED) is 0.781. The number of hydrogen-bond donors (Lipinski definition) is 1. The Kier molecular flexibility index (Phi) is 5.60. The number of nitrogens with two attached hydrogens (primary N) is 1. The molecule has 4 heteroatoms. The van der Waals surface area contributed by atoms with Gasteiger partial charge in [-0.3, -0.25) is 0 Å². The number of hydrogen-bond acceptors (Lipinski definition) is 3. The Morgan fingerprint density at radius 2 is 2.12 bits per heavy atom. The number of halogens is 1. The smallest absolute Gasteiger partial charge is 0.122 e. The molecule has 0 radical (unpaired) electrons. The fourth-order valence-electron chi connectivity index (χ4n) is 1.24. The van der Waals surface area contributed by atoms with Crippen molar-refractivity contribution >= 4 is 11.6 Å². The van der Waals surface area contributed by atoms with Crippen molar-refractivity contribution in [3.8, 4) is 5.75 Å². The summed E-state index contributed by atoms with van der Waals surface area (Å²) in [6.07, 6.45) is 0.0786. The number of aryl methyl sites for hydroxylation is 1. The maximum atomic E-state index is 5.84. The van der Waals surface area contributed by atoms with E-state index in [1.807, 2.05) is 32.0 Å². The molecule has 0 bridgehead atoms. The van der Waals surface area contributed by atoms with Crippen molar-refractivity contribution < 1.29 is 9.47 Å². The predicted molar refractivity (Wildman–Crippen MR) is 66.2 cm³/mol. The number of benzene rings is 1. The monoisotopic (exact) mass is 243 g/mol. The van der Waals surface area contributed by atoms with Gasteiger partial charge in [-0.2, -0.15) is 0 Å². The van der Waals surface area contributed by atoms with Gasteiger partial charge in [0.15, 0.2) is 0 Å². The molecule has 1 rings (SSSR count). The second-order valence-electron chi connectivity index (χ2n) is 3.68. The molecule has 0 saturated carbocycles. The first-order chi connectivity index (χ1) is 7.63. The van der Waals surface area contributed by atoms with E-state index in [1.165, 1.54) is 0 Å². The lowest BCUT2D eigenvalue weighted by atomic mass is 10.2. The highest BCUT2D eigenvalue weighted by atomic mass is 35.5. The van der Waals surface area contributed by atoms with Crippen molar-refractivity contribution in [1.82, 2.24) is 0 Å². The van der Waals surface area contributed by atoms with E-state index in [2.05, 4.69) is 0 Å². The molecule has 0 heterocycles. The van der Waals surface area contributed by atoms with Gasteiger partial charge < -0.3 is 15.2 Å². The summed E-state index contributed by atoms with van der Waals surface area (Å²) < 4.78 is 11.0. The molecular weight excluding hydrogens is 226 g/mol. The van der Waals surface area contributed by atoms with Crippen molar-refractivity contribution in [3.05, 3.63) is 28.8 Å². The van der Waals surface area contributed by atoms with Crippen LogP contribution in [0.4, 0.5) is 0 Å². The summed E-state index contributed by atoms with van der Waals surface area (Å²) in [6.45, 7) is 5.49. The molecule has 0 aromatic heterocycles. The van der Waals surface area contributed by atoms with Crippen molar-refractivity contribution in [2.24, 2.45) is 5.73 Å². The fourth-order valence-corrected chi connectivity index (χ4v) is 1.47. The Hall–Kier alpha value is -0.770. The zero-order valence-electron chi connectivity index (χ0n) is 9.70. The molecule has 0 aliphatic carbocycles. The van der Waals surface area contributed by atoms with Gasteiger partial charge in [-0.15, -0.1) is 0 Å². The molecule has 90 valence electrons. The van der Waals surface area contributed by atoms with Gasteiger partial charge in [0, 0.05) is 11.6 Å². The molecule has 1 atom stereocenters. The minimum atomic E-state index is 0.0786. The van der Waals surface area contributed by atoms with Crippen molar-refractivity contribution in [2.75, 3.05) is 19.8 Å². The van der Waals surface area contributed by atoms with Crippen LogP contribution in [0, 0.1) is 6.92 Å². The van der Waals surface area contributed by atoms with Crippen molar-refractivity contribution in [1.29, 1.82) is 0 Å². The summed E-state index contributed by atoms with van der Waals surface area (Å²) >= 11 is 5.84. The Balaban J connectivity index is 2.32. The first-order valence-corrected chi connectivity index (χ1v) is 5.72. The van der Waals surface area contributed by atoms with E-state index >= 15 is 0 Å². The van der Waals surface area contributed by atoms with E-state index in [0.717, 1.165) is 16.3 Å². The molecule has 0 amide bonds. The molecule has 1 unspecified atom stereocenters. The molecule has 16 heavy (non-hydrogen) atoms. The maximum absolute atomic E-state index is 5.84. The first-order valence-electron chi connectivity index (χ1n) is 5.34. The first kappa shape index (κ1) is 13.3. The third kappa shape index (κ3) is 4.39. The van der Waals surface area contributed by atoms with Crippen LogP contribution in [-0.2, 0) is 4.74 Å². The van der Waals surface area contributed by atoms with Gasteiger partial charge in [0.25, 0.3) is 0 Å². The topological polar surface area (TPSA) is 44.5 Å². The normalized spacial score (nSPS) is 12.5. The van der Waals surface area contributed by atoms with Gasteiger partial charge in [-0.05, 0) is 37.6 Å². The molecule has 0 spiro atoms. The average molecular weight is 244 g/mol. The van der Waals surface area contributed by atoms with Crippen molar-refractivity contribution in [2.45, 2.75) is 20.0 Å². The van der Waals surface area contributed by atoms with Crippen LogP contribution >= 0.6 is 11.6 Å². The highest BCUT2D eigenvalue weighted by Gasteiger charge is 2.01. The summed E-state index contributed by atoms with van der Waals surface area (Å²) in [5.74, 6) is 0.841. The molecule has 2 N–H and O–H groups in total. The highest BCUT2D eigenvalue weighted by molar-refractivity contribution is 6.30. The standard InChI is InChI=1S/C12H18ClNO2/c1-9-7-11(13)3-4-12(9)16-6-5-15-10(2)8-14/h3-4,7,10H,5-6,8,14H2,1-2H3.